The van der Waals surface area contributed by atoms with E-state index < -0.39 is 5.97 Å². The Kier molecular flexibility index (Phi) is 6.92. The lowest BCUT2D eigenvalue weighted by atomic mass is 10.2. The fourth-order valence-corrected chi connectivity index (χ4v) is 1.46. The van der Waals surface area contributed by atoms with Gasteiger partial charge in [0.05, 0.1) is 12.9 Å². The molecule has 14 heavy (non-hydrogen) atoms. The van der Waals surface area contributed by atoms with Crippen molar-refractivity contribution in [1.82, 2.24) is 0 Å². The quantitative estimate of drug-likeness (QED) is 0.414. The molecule has 0 atom stereocenters. The van der Waals surface area contributed by atoms with Crippen LogP contribution in [0.5, 0.6) is 0 Å². The number of rotatable bonds is 6. The second-order valence-electron chi connectivity index (χ2n) is 2.48. The van der Waals surface area contributed by atoms with E-state index in [9.17, 15) is 9.59 Å². The van der Waals surface area contributed by atoms with Gasteiger partial charge in [-0.25, -0.2) is 4.79 Å². The summed E-state index contributed by atoms with van der Waals surface area (Å²) in [5.41, 5.74) is 0.377. The molecule has 0 aliphatic carbocycles. The molecular weight excluding hydrogens is 204 g/mol. The minimum atomic E-state index is -0.897. The zero-order valence-electron chi connectivity index (χ0n) is 8.28. The number of methoxy groups -OCH3 is 1. The number of hydrogen-bond acceptors (Lipinski definition) is 4. The topological polar surface area (TPSA) is 63.6 Å². The van der Waals surface area contributed by atoms with E-state index in [-0.39, 0.29) is 11.7 Å². The normalized spacial score (nSPS) is 11.1. The summed E-state index contributed by atoms with van der Waals surface area (Å²) in [6.07, 6.45) is 2.12. The monoisotopic (exact) mass is 218 g/mol. The third-order valence-electron chi connectivity index (χ3n) is 1.55. The van der Waals surface area contributed by atoms with Crippen LogP contribution in [0.15, 0.2) is 11.6 Å². The van der Waals surface area contributed by atoms with Crippen LogP contribution in [0.25, 0.3) is 0 Å². The highest BCUT2D eigenvalue weighted by Gasteiger charge is 2.03. The van der Waals surface area contributed by atoms with E-state index in [1.54, 1.807) is 13.0 Å². The first-order valence-corrected chi connectivity index (χ1v) is 5.34. The molecule has 4 nitrogen and oxygen atoms in total. The number of carboxylic acids is 1. The highest BCUT2D eigenvalue weighted by Crippen LogP contribution is 2.06. The van der Waals surface area contributed by atoms with E-state index in [1.165, 1.54) is 18.9 Å². The van der Waals surface area contributed by atoms with Crippen molar-refractivity contribution in [3.05, 3.63) is 11.6 Å². The Labute approximate surface area is 87.3 Å². The van der Waals surface area contributed by atoms with E-state index in [0.29, 0.717) is 17.7 Å². The number of aliphatic carboxylic acids is 1. The van der Waals surface area contributed by atoms with Crippen molar-refractivity contribution in [3.8, 4) is 0 Å². The van der Waals surface area contributed by atoms with Crippen molar-refractivity contribution in [1.29, 1.82) is 0 Å². The molecule has 0 radical (unpaired) electrons. The predicted octanol–water partition coefficient (Wildman–Crippen LogP) is 1.31. The minimum Gasteiger partial charge on any atom is -0.478 e. The van der Waals surface area contributed by atoms with Crippen LogP contribution in [0.1, 0.15) is 13.3 Å². The number of carboxylic acid groups (broad SMARTS) is 1. The lowest BCUT2D eigenvalue weighted by molar-refractivity contribution is -0.137. The van der Waals surface area contributed by atoms with Gasteiger partial charge in [-0.3, -0.25) is 4.79 Å². The molecule has 0 aliphatic rings. The predicted molar refractivity (Wildman–Crippen MR) is 55.4 cm³/mol. The Morgan fingerprint density at radius 1 is 1.50 bits per heavy atom. The third kappa shape index (κ3) is 5.64. The molecule has 0 aromatic heterocycles. The molecule has 1 N–H and O–H groups in total. The molecule has 0 aromatic carbocycles. The summed E-state index contributed by atoms with van der Waals surface area (Å²) in [4.78, 5) is 21.2. The van der Waals surface area contributed by atoms with Gasteiger partial charge in [0.2, 0.25) is 0 Å². The standard InChI is InChI=1S/C9H14O4S/c1-3-7(9(11)12)4-5-14-6-8(10)13-2/h4H,3,5-6H2,1-2H3,(H,11,12). The fraction of sp³-hybridized carbons (Fsp3) is 0.556. The van der Waals surface area contributed by atoms with Crippen LogP contribution < -0.4 is 0 Å². The van der Waals surface area contributed by atoms with Crippen LogP contribution in [-0.4, -0.2) is 35.7 Å². The van der Waals surface area contributed by atoms with E-state index >= 15 is 0 Å². The molecule has 0 saturated carbocycles. The second-order valence-corrected chi connectivity index (χ2v) is 3.51. The largest absolute Gasteiger partial charge is 0.478 e. The van der Waals surface area contributed by atoms with E-state index in [1.807, 2.05) is 0 Å². The zero-order chi connectivity index (χ0) is 11.0. The summed E-state index contributed by atoms with van der Waals surface area (Å²) in [6, 6.07) is 0. The molecule has 80 valence electrons. The maximum atomic E-state index is 10.7. The maximum Gasteiger partial charge on any atom is 0.331 e. The SMILES string of the molecule is CCC(=CCSCC(=O)OC)C(=O)O. The van der Waals surface area contributed by atoms with Crippen molar-refractivity contribution in [2.45, 2.75) is 13.3 Å². The number of esters is 1. The Hall–Kier alpha value is -0.970. The molecule has 0 fully saturated rings. The van der Waals surface area contributed by atoms with Crippen LogP contribution in [0.3, 0.4) is 0 Å². The molecule has 0 aliphatic heterocycles. The summed E-state index contributed by atoms with van der Waals surface area (Å²) in [7, 11) is 1.33. The van der Waals surface area contributed by atoms with Gasteiger partial charge in [-0.1, -0.05) is 13.0 Å². The van der Waals surface area contributed by atoms with Crippen molar-refractivity contribution >= 4 is 23.7 Å². The number of carbonyl (C=O) groups is 2. The first-order valence-electron chi connectivity index (χ1n) is 4.18. The van der Waals surface area contributed by atoms with Gasteiger partial charge in [-0.2, -0.15) is 0 Å². The van der Waals surface area contributed by atoms with E-state index in [4.69, 9.17) is 5.11 Å². The summed E-state index contributed by atoms with van der Waals surface area (Å²) in [6.45, 7) is 1.78. The van der Waals surface area contributed by atoms with Gasteiger partial charge < -0.3 is 9.84 Å². The molecule has 0 heterocycles. The fourth-order valence-electron chi connectivity index (χ4n) is 0.744. The Bertz CT molecular complexity index is 235. The highest BCUT2D eigenvalue weighted by atomic mass is 32.2. The highest BCUT2D eigenvalue weighted by molar-refractivity contribution is 8.00. The van der Waals surface area contributed by atoms with Gasteiger partial charge in [0, 0.05) is 11.3 Å². The van der Waals surface area contributed by atoms with Crippen LogP contribution in [0.4, 0.5) is 0 Å². The van der Waals surface area contributed by atoms with Crippen molar-refractivity contribution < 1.29 is 19.4 Å². The van der Waals surface area contributed by atoms with E-state index in [2.05, 4.69) is 4.74 Å². The molecule has 0 spiro atoms. The average molecular weight is 218 g/mol. The number of hydrogen-bond donors (Lipinski definition) is 1. The number of ether oxygens (including phenoxy) is 1. The Balaban J connectivity index is 3.79. The first-order chi connectivity index (χ1) is 6.61. The number of thioether (sulfide) groups is 1. The van der Waals surface area contributed by atoms with Crippen LogP contribution in [-0.2, 0) is 14.3 Å². The maximum absolute atomic E-state index is 10.7. The molecule has 0 unspecified atom stereocenters. The van der Waals surface area contributed by atoms with Gasteiger partial charge in [-0.15, -0.1) is 11.8 Å². The molecule has 0 bridgehead atoms. The lowest BCUT2D eigenvalue weighted by Gasteiger charge is -1.98. The van der Waals surface area contributed by atoms with Crippen LogP contribution in [0, 0.1) is 0 Å². The first kappa shape index (κ1) is 13.0. The Morgan fingerprint density at radius 2 is 2.14 bits per heavy atom. The molecule has 0 aromatic rings. The van der Waals surface area contributed by atoms with Crippen LogP contribution >= 0.6 is 11.8 Å². The summed E-state index contributed by atoms with van der Waals surface area (Å²) in [5, 5.41) is 8.66. The second kappa shape index (κ2) is 7.44. The lowest BCUT2D eigenvalue weighted by Crippen LogP contribution is -2.04. The summed E-state index contributed by atoms with van der Waals surface area (Å²) in [5.74, 6) is -0.420. The van der Waals surface area contributed by atoms with Gasteiger partial charge in [0.15, 0.2) is 0 Å². The van der Waals surface area contributed by atoms with Gasteiger partial charge in [0.1, 0.15) is 0 Å². The summed E-state index contributed by atoms with van der Waals surface area (Å²) < 4.78 is 4.43. The van der Waals surface area contributed by atoms with Crippen LogP contribution in [0.2, 0.25) is 0 Å². The molecular formula is C9H14O4S. The third-order valence-corrected chi connectivity index (χ3v) is 2.39. The summed E-state index contributed by atoms with van der Waals surface area (Å²) >= 11 is 1.33. The molecule has 0 saturated heterocycles. The van der Waals surface area contributed by atoms with Gasteiger partial charge in [-0.05, 0) is 6.42 Å². The molecule has 5 heteroatoms. The molecule has 0 rings (SSSR count). The van der Waals surface area contributed by atoms with E-state index in [0.717, 1.165) is 0 Å². The minimum absolute atomic E-state index is 0.254. The zero-order valence-corrected chi connectivity index (χ0v) is 9.10. The smallest absolute Gasteiger partial charge is 0.331 e. The van der Waals surface area contributed by atoms with Gasteiger partial charge in [0.25, 0.3) is 0 Å². The van der Waals surface area contributed by atoms with Crippen molar-refractivity contribution in [2.75, 3.05) is 18.6 Å². The van der Waals surface area contributed by atoms with Crippen molar-refractivity contribution in [2.24, 2.45) is 0 Å². The van der Waals surface area contributed by atoms with Gasteiger partial charge >= 0.3 is 11.9 Å². The molecule has 0 amide bonds. The Morgan fingerprint density at radius 3 is 2.57 bits per heavy atom. The number of carbonyl (C=O) groups excluding carboxylic acids is 1. The van der Waals surface area contributed by atoms with Crippen molar-refractivity contribution in [3.63, 3.8) is 0 Å². The average Bonchev–Trinajstić information content (AvgIpc) is 2.16.